The maximum absolute atomic E-state index is 10.2. The third-order valence-corrected chi connectivity index (χ3v) is 3.00. The first-order valence-corrected chi connectivity index (χ1v) is 5.82. The van der Waals surface area contributed by atoms with Gasteiger partial charge in [-0.2, -0.15) is 0 Å². The van der Waals surface area contributed by atoms with E-state index in [0.29, 0.717) is 19.3 Å². The van der Waals surface area contributed by atoms with Gasteiger partial charge in [-0.3, -0.25) is 4.79 Å². The van der Waals surface area contributed by atoms with E-state index in [1.54, 1.807) is 0 Å². The number of carboxylic acids is 1. The highest BCUT2D eigenvalue weighted by atomic mass is 16.4. The molecule has 92 valence electrons. The highest BCUT2D eigenvalue weighted by Gasteiger charge is 2.30. The molecule has 16 heavy (non-hydrogen) atoms. The Balaban J connectivity index is 2.10. The monoisotopic (exact) mass is 228 g/mol. The van der Waals surface area contributed by atoms with E-state index < -0.39 is 12.1 Å². The number of hydrogen-bond donors (Lipinski definition) is 3. The summed E-state index contributed by atoms with van der Waals surface area (Å²) >= 11 is 0. The smallest absolute Gasteiger partial charge is 0.303 e. The molecular weight excluding hydrogens is 208 g/mol. The average molecular weight is 228 g/mol. The molecule has 0 bridgehead atoms. The number of aliphatic hydroxyl groups excluding tert-OH is 2. The molecule has 0 unspecified atom stereocenters. The normalized spacial score (nSPS) is 30.0. The predicted molar refractivity (Wildman–Crippen MR) is 60.0 cm³/mol. The maximum Gasteiger partial charge on any atom is 0.303 e. The summed E-state index contributed by atoms with van der Waals surface area (Å²) in [4.78, 5) is 10.2. The standard InChI is InChI=1S/C12H20O4/c13-10-7-9(11(14)8-10)5-3-1-2-4-6-12(15)16/h1,3,9-11,13-14H,2,4-8H2,(H,15,16)/b3-1-/t9-,10+,11+/m0/s1. The predicted octanol–water partition coefficient (Wildman–Crippen LogP) is 1.32. The van der Waals surface area contributed by atoms with Crippen LogP contribution < -0.4 is 0 Å². The van der Waals surface area contributed by atoms with Gasteiger partial charge in [-0.05, 0) is 38.0 Å². The van der Waals surface area contributed by atoms with E-state index in [2.05, 4.69) is 0 Å². The summed E-state index contributed by atoms with van der Waals surface area (Å²) < 4.78 is 0. The maximum atomic E-state index is 10.2. The van der Waals surface area contributed by atoms with Crippen molar-refractivity contribution in [3.63, 3.8) is 0 Å². The number of rotatable bonds is 6. The van der Waals surface area contributed by atoms with Crippen molar-refractivity contribution in [2.75, 3.05) is 0 Å². The highest BCUT2D eigenvalue weighted by Crippen LogP contribution is 2.28. The van der Waals surface area contributed by atoms with Crippen LogP contribution >= 0.6 is 0 Å². The van der Waals surface area contributed by atoms with Crippen molar-refractivity contribution in [2.45, 2.75) is 50.7 Å². The first kappa shape index (κ1) is 13.2. The van der Waals surface area contributed by atoms with Crippen LogP contribution in [0.1, 0.15) is 38.5 Å². The summed E-state index contributed by atoms with van der Waals surface area (Å²) in [6, 6.07) is 0. The van der Waals surface area contributed by atoms with Crippen molar-refractivity contribution in [3.05, 3.63) is 12.2 Å². The first-order valence-electron chi connectivity index (χ1n) is 5.82. The zero-order valence-electron chi connectivity index (χ0n) is 9.38. The SMILES string of the molecule is O=C(O)CCC/C=C\C[C@H]1C[C@@H](O)C[C@H]1O. The molecule has 4 heteroatoms. The number of allylic oxidation sites excluding steroid dienone is 2. The summed E-state index contributed by atoms with van der Waals surface area (Å²) in [5.74, 6) is -0.603. The molecule has 0 saturated heterocycles. The van der Waals surface area contributed by atoms with Crippen LogP contribution in [0, 0.1) is 5.92 Å². The molecule has 0 aromatic rings. The average Bonchev–Trinajstić information content (AvgIpc) is 2.50. The van der Waals surface area contributed by atoms with Crippen LogP contribution in [0.15, 0.2) is 12.2 Å². The minimum atomic E-state index is -0.761. The zero-order chi connectivity index (χ0) is 12.0. The second-order valence-electron chi connectivity index (χ2n) is 4.45. The Bertz CT molecular complexity index is 249. The van der Waals surface area contributed by atoms with E-state index in [-0.39, 0.29) is 18.4 Å². The number of carboxylic acid groups (broad SMARTS) is 1. The van der Waals surface area contributed by atoms with Gasteiger partial charge < -0.3 is 15.3 Å². The number of carbonyl (C=O) groups is 1. The van der Waals surface area contributed by atoms with E-state index in [1.807, 2.05) is 12.2 Å². The number of hydrogen-bond acceptors (Lipinski definition) is 3. The molecule has 0 spiro atoms. The Morgan fingerprint density at radius 2 is 2.00 bits per heavy atom. The third-order valence-electron chi connectivity index (χ3n) is 3.00. The van der Waals surface area contributed by atoms with Gasteiger partial charge in [-0.1, -0.05) is 12.2 Å². The summed E-state index contributed by atoms with van der Waals surface area (Å²) in [5, 5.41) is 27.3. The van der Waals surface area contributed by atoms with Crippen molar-refractivity contribution in [2.24, 2.45) is 5.92 Å². The molecule has 0 aromatic heterocycles. The van der Waals surface area contributed by atoms with Gasteiger partial charge in [-0.15, -0.1) is 0 Å². The molecule has 1 rings (SSSR count). The molecule has 1 aliphatic carbocycles. The minimum absolute atomic E-state index is 0.158. The van der Waals surface area contributed by atoms with Crippen LogP contribution in [-0.4, -0.2) is 33.5 Å². The minimum Gasteiger partial charge on any atom is -0.481 e. The van der Waals surface area contributed by atoms with Crippen molar-refractivity contribution < 1.29 is 20.1 Å². The second-order valence-corrected chi connectivity index (χ2v) is 4.45. The summed E-state index contributed by atoms with van der Waals surface area (Å²) in [6.45, 7) is 0. The molecule has 0 heterocycles. The first-order chi connectivity index (χ1) is 7.59. The Morgan fingerprint density at radius 3 is 2.56 bits per heavy atom. The molecular formula is C12H20O4. The highest BCUT2D eigenvalue weighted by molar-refractivity contribution is 5.66. The fourth-order valence-corrected chi connectivity index (χ4v) is 2.09. The molecule has 0 aromatic carbocycles. The lowest BCUT2D eigenvalue weighted by atomic mass is 10.0. The second kappa shape index (κ2) is 6.66. The van der Waals surface area contributed by atoms with E-state index in [9.17, 15) is 15.0 Å². The van der Waals surface area contributed by atoms with Gasteiger partial charge in [0.1, 0.15) is 0 Å². The van der Waals surface area contributed by atoms with Crippen molar-refractivity contribution in [3.8, 4) is 0 Å². The van der Waals surface area contributed by atoms with Crippen molar-refractivity contribution >= 4 is 5.97 Å². The Labute approximate surface area is 95.6 Å². The van der Waals surface area contributed by atoms with Gasteiger partial charge in [0, 0.05) is 6.42 Å². The van der Waals surface area contributed by atoms with Gasteiger partial charge >= 0.3 is 5.97 Å². The van der Waals surface area contributed by atoms with Crippen LogP contribution in [0.3, 0.4) is 0 Å². The van der Waals surface area contributed by atoms with Gasteiger partial charge in [0.05, 0.1) is 12.2 Å². The molecule has 3 N–H and O–H groups in total. The van der Waals surface area contributed by atoms with Gasteiger partial charge in [-0.25, -0.2) is 0 Å². The molecule has 0 radical (unpaired) electrons. The van der Waals surface area contributed by atoms with Crippen molar-refractivity contribution in [1.82, 2.24) is 0 Å². The molecule has 0 aliphatic heterocycles. The fourth-order valence-electron chi connectivity index (χ4n) is 2.09. The van der Waals surface area contributed by atoms with E-state index >= 15 is 0 Å². The molecule has 1 fully saturated rings. The molecule has 4 nitrogen and oxygen atoms in total. The quantitative estimate of drug-likeness (QED) is 0.473. The lowest BCUT2D eigenvalue weighted by Gasteiger charge is -2.10. The van der Waals surface area contributed by atoms with E-state index in [0.717, 1.165) is 12.8 Å². The Morgan fingerprint density at radius 1 is 1.25 bits per heavy atom. The van der Waals surface area contributed by atoms with Crippen molar-refractivity contribution in [1.29, 1.82) is 0 Å². The van der Waals surface area contributed by atoms with Gasteiger partial charge in [0.25, 0.3) is 0 Å². The van der Waals surface area contributed by atoms with Crippen LogP contribution in [0.5, 0.6) is 0 Å². The molecule has 1 saturated carbocycles. The van der Waals surface area contributed by atoms with Crippen LogP contribution in [0.4, 0.5) is 0 Å². The van der Waals surface area contributed by atoms with E-state index in [4.69, 9.17) is 5.11 Å². The largest absolute Gasteiger partial charge is 0.481 e. The number of aliphatic hydroxyl groups is 2. The summed E-state index contributed by atoms with van der Waals surface area (Å²) in [7, 11) is 0. The zero-order valence-corrected chi connectivity index (χ0v) is 9.38. The molecule has 3 atom stereocenters. The van der Waals surface area contributed by atoms with Crippen LogP contribution in [0.25, 0.3) is 0 Å². The molecule has 0 amide bonds. The third kappa shape index (κ3) is 4.77. The lowest BCUT2D eigenvalue weighted by molar-refractivity contribution is -0.137. The fraction of sp³-hybridized carbons (Fsp3) is 0.750. The van der Waals surface area contributed by atoms with Gasteiger partial charge in [0.2, 0.25) is 0 Å². The lowest BCUT2D eigenvalue weighted by Crippen LogP contribution is -2.11. The molecule has 1 aliphatic rings. The van der Waals surface area contributed by atoms with Gasteiger partial charge in [0.15, 0.2) is 0 Å². The van der Waals surface area contributed by atoms with Crippen LogP contribution in [0.2, 0.25) is 0 Å². The Hall–Kier alpha value is -0.870. The van der Waals surface area contributed by atoms with E-state index in [1.165, 1.54) is 0 Å². The Kier molecular flexibility index (Phi) is 5.49. The topological polar surface area (TPSA) is 77.8 Å². The number of aliphatic carboxylic acids is 1. The number of unbranched alkanes of at least 4 members (excludes halogenated alkanes) is 1. The van der Waals surface area contributed by atoms with Crippen LogP contribution in [-0.2, 0) is 4.79 Å². The summed E-state index contributed by atoms with van der Waals surface area (Å²) in [6.07, 6.45) is 6.73. The summed E-state index contributed by atoms with van der Waals surface area (Å²) in [5.41, 5.74) is 0.